The van der Waals surface area contributed by atoms with Crippen molar-refractivity contribution in [1.29, 1.82) is 0 Å². The van der Waals surface area contributed by atoms with Gasteiger partial charge >= 0.3 is 59.7 Å². The van der Waals surface area contributed by atoms with Crippen molar-refractivity contribution in [2.75, 3.05) is 0 Å². The van der Waals surface area contributed by atoms with Crippen molar-refractivity contribution in [1.82, 2.24) is 0 Å². The fourth-order valence-corrected chi connectivity index (χ4v) is 0. The summed E-state index contributed by atoms with van der Waals surface area (Å²) in [6, 6.07) is 0. The minimum Gasteiger partial charge on any atom is -0.473 e. The van der Waals surface area contributed by atoms with E-state index in [2.05, 4.69) is 0 Å². The topological polar surface area (TPSA) is 373 Å². The molecule has 0 unspecified atom stereocenters. The molecule has 0 aromatic heterocycles. The molecule has 0 aliphatic heterocycles. The van der Waals surface area contributed by atoms with E-state index in [0.717, 1.165) is 0 Å². The third-order valence-electron chi connectivity index (χ3n) is 0.915. The van der Waals surface area contributed by atoms with Gasteiger partial charge in [0.15, 0.2) is 0 Å². The Morgan fingerprint density at radius 2 is 0.258 bits per heavy atom. The summed E-state index contributed by atoms with van der Waals surface area (Å²) < 4.78 is 0. The maximum absolute atomic E-state index is 9.10. The van der Waals surface area contributed by atoms with E-state index in [0.29, 0.717) is 0 Å². The van der Waals surface area contributed by atoms with Crippen molar-refractivity contribution < 1.29 is 121 Å². The monoisotopic (exact) mass is 543 g/mol. The van der Waals surface area contributed by atoms with Gasteiger partial charge < -0.3 is 51.1 Å². The molecule has 0 spiro atoms. The van der Waals surface area contributed by atoms with Crippen LogP contribution in [0.5, 0.6) is 0 Å². The molecule has 21 heteroatoms. The number of carboxylic acids is 10. The molecular weight excluding hydrogens is 533 g/mol. The van der Waals surface area contributed by atoms with Crippen LogP contribution < -0.4 is 0 Å². The van der Waals surface area contributed by atoms with Gasteiger partial charge in [0, 0.05) is 22.4 Å². The normalized spacial score (nSPS) is 7.10. The smallest absolute Gasteiger partial charge is 0.414 e. The summed E-state index contributed by atoms with van der Waals surface area (Å²) in [6.07, 6.45) is 0. The molecule has 0 saturated heterocycles. The van der Waals surface area contributed by atoms with Crippen LogP contribution in [0.1, 0.15) is 0 Å². The zero-order valence-electron chi connectivity index (χ0n) is 14.0. The molecule has 0 saturated carbocycles. The molecule has 0 amide bonds. The van der Waals surface area contributed by atoms with Crippen molar-refractivity contribution >= 4 is 59.7 Å². The summed E-state index contributed by atoms with van der Waals surface area (Å²) in [5.41, 5.74) is 0. The summed E-state index contributed by atoms with van der Waals surface area (Å²) in [7, 11) is 0. The van der Waals surface area contributed by atoms with Gasteiger partial charge in [-0.1, -0.05) is 0 Å². The summed E-state index contributed by atoms with van der Waals surface area (Å²) >= 11 is 0. The van der Waals surface area contributed by atoms with E-state index in [9.17, 15) is 0 Å². The van der Waals surface area contributed by atoms with Crippen molar-refractivity contribution in [3.05, 3.63) is 0 Å². The largest absolute Gasteiger partial charge is 0.473 e. The Morgan fingerprint density at radius 3 is 0.258 bits per heavy atom. The Morgan fingerprint density at radius 1 is 0.226 bits per heavy atom. The quantitative estimate of drug-likeness (QED) is 0.102. The van der Waals surface area contributed by atoms with E-state index in [4.69, 9.17) is 99.0 Å². The minimum atomic E-state index is -1.82. The zero-order valence-corrected chi connectivity index (χ0v) is 16.2. The number of hydrogen-bond acceptors (Lipinski definition) is 10. The molecule has 0 aromatic rings. The summed E-state index contributed by atoms with van der Waals surface area (Å²) in [4.78, 5) is 91.0. The van der Waals surface area contributed by atoms with Crippen molar-refractivity contribution in [2.24, 2.45) is 0 Å². The van der Waals surface area contributed by atoms with Crippen molar-refractivity contribution in [3.8, 4) is 0 Å². The molecule has 0 aliphatic carbocycles. The first kappa shape index (κ1) is 41.0. The van der Waals surface area contributed by atoms with Gasteiger partial charge in [-0.3, -0.25) is 0 Å². The van der Waals surface area contributed by atoms with Crippen LogP contribution in [0.15, 0.2) is 0 Å². The standard InChI is InChI=1S/5C2H2O4.Nb/c5*3-1(4)2(5)6;/h5*(H,3,4)(H,5,6);. The Kier molecular flexibility index (Phi) is 31.0. The van der Waals surface area contributed by atoms with Crippen LogP contribution in [0.25, 0.3) is 0 Å². The zero-order chi connectivity index (χ0) is 25.8. The van der Waals surface area contributed by atoms with Gasteiger partial charge in [0.2, 0.25) is 0 Å². The van der Waals surface area contributed by atoms with Gasteiger partial charge in [0.25, 0.3) is 0 Å². The molecule has 0 fully saturated rings. The van der Waals surface area contributed by atoms with Crippen LogP contribution in [-0.2, 0) is 70.3 Å². The van der Waals surface area contributed by atoms with Crippen LogP contribution in [0.4, 0.5) is 0 Å². The molecule has 0 aliphatic rings. The van der Waals surface area contributed by atoms with Crippen molar-refractivity contribution in [3.63, 3.8) is 0 Å². The summed E-state index contributed by atoms with van der Waals surface area (Å²) in [5, 5.41) is 73.9. The van der Waals surface area contributed by atoms with Gasteiger partial charge in [0.05, 0.1) is 0 Å². The van der Waals surface area contributed by atoms with Crippen LogP contribution >= 0.6 is 0 Å². The molecule has 10 N–H and O–H groups in total. The molecule has 0 rings (SSSR count). The van der Waals surface area contributed by atoms with E-state index in [1.165, 1.54) is 0 Å². The third kappa shape index (κ3) is 58.6. The van der Waals surface area contributed by atoms with Crippen LogP contribution in [-0.4, -0.2) is 111 Å². The Balaban J connectivity index is -0.0000000625. The van der Waals surface area contributed by atoms with E-state index in [1.807, 2.05) is 0 Å². The summed E-state index contributed by atoms with van der Waals surface area (Å²) in [6.45, 7) is 0. The molecule has 0 atom stereocenters. The average Bonchev–Trinajstić information content (AvgIpc) is 2.56. The van der Waals surface area contributed by atoms with Gasteiger partial charge in [-0.25, -0.2) is 47.9 Å². The van der Waals surface area contributed by atoms with E-state index >= 15 is 0 Å². The fraction of sp³-hybridized carbons (Fsp3) is 0. The van der Waals surface area contributed by atoms with E-state index < -0.39 is 59.7 Å². The minimum absolute atomic E-state index is 0. The van der Waals surface area contributed by atoms with Crippen LogP contribution in [0.2, 0.25) is 0 Å². The van der Waals surface area contributed by atoms with Gasteiger partial charge in [0.1, 0.15) is 0 Å². The molecule has 20 nitrogen and oxygen atoms in total. The Hall–Kier alpha value is -4.56. The predicted octanol–water partition coefficient (Wildman–Crippen LogP) is -4.22. The number of rotatable bonds is 0. The fourth-order valence-electron chi connectivity index (χ4n) is 0. The van der Waals surface area contributed by atoms with Crippen LogP contribution in [0, 0.1) is 0 Å². The Labute approximate surface area is 181 Å². The average molecular weight is 543 g/mol. The summed E-state index contributed by atoms with van der Waals surface area (Å²) in [5.74, 6) is -18.2. The van der Waals surface area contributed by atoms with Crippen molar-refractivity contribution in [2.45, 2.75) is 0 Å². The SMILES string of the molecule is O=C(O)C(=O)O.O=C(O)C(=O)O.O=C(O)C(=O)O.O=C(O)C(=O)O.O=C(O)C(=O)O.[Nb]. The van der Waals surface area contributed by atoms with E-state index in [1.54, 1.807) is 0 Å². The van der Waals surface area contributed by atoms with Gasteiger partial charge in [-0.15, -0.1) is 0 Å². The third-order valence-corrected chi connectivity index (χ3v) is 0.915. The second-order valence-electron chi connectivity index (χ2n) is 3.05. The second-order valence-corrected chi connectivity index (χ2v) is 3.05. The number of carbonyl (C=O) groups is 10. The molecule has 0 bridgehead atoms. The maximum Gasteiger partial charge on any atom is 0.414 e. The molecular formula is C10H10NbO20. The number of aliphatic carboxylic acids is 10. The Bertz CT molecular complexity index is 503. The number of hydrogen-bond donors (Lipinski definition) is 10. The first-order chi connectivity index (χ1) is 13.2. The first-order valence-corrected chi connectivity index (χ1v) is 5.53. The van der Waals surface area contributed by atoms with Gasteiger partial charge in [-0.2, -0.15) is 0 Å². The molecule has 1 radical (unpaired) electrons. The first-order valence-electron chi connectivity index (χ1n) is 5.53. The van der Waals surface area contributed by atoms with E-state index in [-0.39, 0.29) is 22.4 Å². The molecule has 0 aromatic carbocycles. The molecule has 31 heavy (non-hydrogen) atoms. The van der Waals surface area contributed by atoms with Crippen LogP contribution in [0.3, 0.4) is 0 Å². The van der Waals surface area contributed by atoms with Gasteiger partial charge in [-0.05, 0) is 0 Å². The number of carboxylic acid groups (broad SMARTS) is 10. The molecule has 0 heterocycles. The molecule has 175 valence electrons. The second kappa shape index (κ2) is 23.5. The predicted molar refractivity (Wildman–Crippen MR) is 76.4 cm³/mol. The maximum atomic E-state index is 9.10.